The SMILES string of the molecule is CC[C@H](C)[C@H](NC(=O)[C@@H](N)CCC(=O)O)C(=O)N[C@@H](CC(C)C)C(=O)N[C@H](C=O)CO. The van der Waals surface area contributed by atoms with Gasteiger partial charge in [0, 0.05) is 6.42 Å². The van der Waals surface area contributed by atoms with Gasteiger partial charge in [-0.2, -0.15) is 0 Å². The molecule has 0 rings (SSSR count). The molecule has 11 nitrogen and oxygen atoms in total. The Kier molecular flexibility index (Phi) is 13.3. The topological polar surface area (TPSA) is 188 Å². The fraction of sp³-hybridized carbons (Fsp3) is 0.750. The first-order valence-electron chi connectivity index (χ1n) is 10.4. The van der Waals surface area contributed by atoms with Crippen LogP contribution in [0.25, 0.3) is 0 Å². The van der Waals surface area contributed by atoms with Gasteiger partial charge in [-0.25, -0.2) is 0 Å². The van der Waals surface area contributed by atoms with Crippen LogP contribution in [0.1, 0.15) is 53.4 Å². The minimum Gasteiger partial charge on any atom is -0.481 e. The molecule has 178 valence electrons. The van der Waals surface area contributed by atoms with Crippen LogP contribution < -0.4 is 21.7 Å². The van der Waals surface area contributed by atoms with E-state index in [0.717, 1.165) is 0 Å². The Labute approximate surface area is 182 Å². The first kappa shape index (κ1) is 28.5. The maximum absolute atomic E-state index is 12.9. The van der Waals surface area contributed by atoms with Crippen molar-refractivity contribution in [3.8, 4) is 0 Å². The third-order valence-electron chi connectivity index (χ3n) is 4.83. The van der Waals surface area contributed by atoms with Gasteiger partial charge in [0.2, 0.25) is 17.7 Å². The highest BCUT2D eigenvalue weighted by Crippen LogP contribution is 2.11. The van der Waals surface area contributed by atoms with Gasteiger partial charge in [-0.05, 0) is 24.7 Å². The van der Waals surface area contributed by atoms with Gasteiger partial charge in [0.1, 0.15) is 24.4 Å². The molecule has 0 aliphatic rings. The Balaban J connectivity index is 5.37. The number of carboxylic acid groups (broad SMARTS) is 1. The Morgan fingerprint density at radius 3 is 2.06 bits per heavy atom. The zero-order chi connectivity index (χ0) is 24.1. The molecule has 11 heteroatoms. The molecule has 5 atom stereocenters. The Morgan fingerprint density at radius 2 is 1.61 bits per heavy atom. The highest BCUT2D eigenvalue weighted by atomic mass is 16.4. The van der Waals surface area contributed by atoms with E-state index >= 15 is 0 Å². The Hall–Kier alpha value is -2.53. The van der Waals surface area contributed by atoms with Gasteiger partial charge >= 0.3 is 5.97 Å². The highest BCUT2D eigenvalue weighted by molar-refractivity contribution is 5.93. The monoisotopic (exact) mass is 444 g/mol. The van der Waals surface area contributed by atoms with E-state index in [1.165, 1.54) is 0 Å². The van der Waals surface area contributed by atoms with Crippen molar-refractivity contribution in [1.82, 2.24) is 16.0 Å². The molecule has 0 bridgehead atoms. The number of carboxylic acids is 1. The first-order valence-corrected chi connectivity index (χ1v) is 10.4. The van der Waals surface area contributed by atoms with Crippen LogP contribution in [0.15, 0.2) is 0 Å². The summed E-state index contributed by atoms with van der Waals surface area (Å²) in [4.78, 5) is 59.4. The third-order valence-corrected chi connectivity index (χ3v) is 4.83. The molecule has 0 heterocycles. The van der Waals surface area contributed by atoms with Crippen LogP contribution in [0.4, 0.5) is 0 Å². The number of hydrogen-bond acceptors (Lipinski definition) is 7. The summed E-state index contributed by atoms with van der Waals surface area (Å²) >= 11 is 0. The standard InChI is InChI=1S/C20H36N4O7/c1-5-12(4)17(24-18(29)14(21)6-7-16(27)28)20(31)23-15(8-11(2)3)19(30)22-13(9-25)10-26/h9,11-15,17,26H,5-8,10,21H2,1-4H3,(H,22,30)(H,23,31)(H,24,29)(H,27,28)/t12-,13+,14-,15-,17-/m0/s1. The van der Waals surface area contributed by atoms with Gasteiger partial charge in [0.05, 0.1) is 12.6 Å². The van der Waals surface area contributed by atoms with Crippen LogP contribution in [0.3, 0.4) is 0 Å². The van der Waals surface area contributed by atoms with Crippen LogP contribution in [-0.4, -0.2) is 71.0 Å². The van der Waals surface area contributed by atoms with Gasteiger partial charge in [-0.1, -0.05) is 34.1 Å². The molecule has 0 aromatic heterocycles. The zero-order valence-corrected chi connectivity index (χ0v) is 18.6. The minimum absolute atomic E-state index is 0.0286. The molecule has 0 aromatic carbocycles. The van der Waals surface area contributed by atoms with E-state index in [1.807, 2.05) is 20.8 Å². The number of hydrogen-bond donors (Lipinski definition) is 6. The molecule has 0 radical (unpaired) electrons. The number of carbonyl (C=O) groups is 5. The fourth-order valence-electron chi connectivity index (χ4n) is 2.74. The zero-order valence-electron chi connectivity index (χ0n) is 18.6. The molecule has 0 unspecified atom stereocenters. The number of aldehydes is 1. The normalized spacial score (nSPS) is 15.8. The van der Waals surface area contributed by atoms with Gasteiger partial charge < -0.3 is 36.7 Å². The van der Waals surface area contributed by atoms with E-state index in [4.69, 9.17) is 15.9 Å². The van der Waals surface area contributed by atoms with Crippen LogP contribution in [0.5, 0.6) is 0 Å². The molecule has 0 saturated heterocycles. The van der Waals surface area contributed by atoms with Crippen molar-refractivity contribution < 1.29 is 34.2 Å². The lowest BCUT2D eigenvalue weighted by Crippen LogP contribution is -2.58. The summed E-state index contributed by atoms with van der Waals surface area (Å²) in [5.41, 5.74) is 5.73. The van der Waals surface area contributed by atoms with Crippen molar-refractivity contribution in [1.29, 1.82) is 0 Å². The molecule has 0 aliphatic heterocycles. The molecule has 0 aliphatic carbocycles. The van der Waals surface area contributed by atoms with Gasteiger partial charge in [-0.15, -0.1) is 0 Å². The predicted octanol–water partition coefficient (Wildman–Crippen LogP) is -1.08. The maximum atomic E-state index is 12.9. The number of carbonyl (C=O) groups excluding carboxylic acids is 4. The molecule has 0 fully saturated rings. The second-order valence-electron chi connectivity index (χ2n) is 8.04. The molecule has 0 aromatic rings. The average molecular weight is 445 g/mol. The van der Waals surface area contributed by atoms with Crippen molar-refractivity contribution in [2.24, 2.45) is 17.6 Å². The van der Waals surface area contributed by atoms with Crippen molar-refractivity contribution in [2.45, 2.75) is 77.5 Å². The maximum Gasteiger partial charge on any atom is 0.303 e. The quantitative estimate of drug-likeness (QED) is 0.172. The van der Waals surface area contributed by atoms with Crippen LogP contribution in [0, 0.1) is 11.8 Å². The van der Waals surface area contributed by atoms with E-state index in [2.05, 4.69) is 16.0 Å². The lowest BCUT2D eigenvalue weighted by molar-refractivity contribution is -0.137. The smallest absolute Gasteiger partial charge is 0.303 e. The van der Waals surface area contributed by atoms with E-state index in [1.54, 1.807) is 6.92 Å². The van der Waals surface area contributed by atoms with Crippen LogP contribution in [0.2, 0.25) is 0 Å². The number of aliphatic carboxylic acids is 1. The van der Waals surface area contributed by atoms with Gasteiger partial charge in [-0.3, -0.25) is 19.2 Å². The van der Waals surface area contributed by atoms with Crippen LogP contribution >= 0.6 is 0 Å². The molecular formula is C20H36N4O7. The first-order chi connectivity index (χ1) is 14.5. The van der Waals surface area contributed by atoms with Crippen LogP contribution in [-0.2, 0) is 24.0 Å². The number of nitrogens with two attached hydrogens (primary N) is 1. The molecule has 0 spiro atoms. The van der Waals surface area contributed by atoms with Crippen molar-refractivity contribution in [3.63, 3.8) is 0 Å². The highest BCUT2D eigenvalue weighted by Gasteiger charge is 2.31. The predicted molar refractivity (Wildman–Crippen MR) is 113 cm³/mol. The summed E-state index contributed by atoms with van der Waals surface area (Å²) in [5, 5.41) is 25.4. The average Bonchev–Trinajstić information content (AvgIpc) is 2.71. The molecular weight excluding hydrogens is 408 g/mol. The minimum atomic E-state index is -1.09. The van der Waals surface area contributed by atoms with Gasteiger partial charge in [0.25, 0.3) is 0 Å². The Bertz CT molecular complexity index is 627. The second-order valence-corrected chi connectivity index (χ2v) is 8.04. The Morgan fingerprint density at radius 1 is 1.00 bits per heavy atom. The summed E-state index contributed by atoms with van der Waals surface area (Å²) in [7, 11) is 0. The molecule has 0 saturated carbocycles. The summed E-state index contributed by atoms with van der Waals surface area (Å²) < 4.78 is 0. The molecule has 7 N–H and O–H groups in total. The summed E-state index contributed by atoms with van der Waals surface area (Å²) in [6, 6.07) is -4.15. The summed E-state index contributed by atoms with van der Waals surface area (Å²) in [6.45, 7) is 6.71. The number of amides is 3. The summed E-state index contributed by atoms with van der Waals surface area (Å²) in [6.07, 6.45) is 0.846. The molecule has 31 heavy (non-hydrogen) atoms. The van der Waals surface area contributed by atoms with E-state index < -0.39 is 54.5 Å². The lowest BCUT2D eigenvalue weighted by atomic mass is 9.96. The van der Waals surface area contributed by atoms with Crippen molar-refractivity contribution in [3.05, 3.63) is 0 Å². The van der Waals surface area contributed by atoms with E-state index in [0.29, 0.717) is 12.7 Å². The number of aliphatic hydroxyl groups excluding tert-OH is 1. The van der Waals surface area contributed by atoms with E-state index in [9.17, 15) is 24.0 Å². The van der Waals surface area contributed by atoms with Gasteiger partial charge in [0.15, 0.2) is 0 Å². The summed E-state index contributed by atoms with van der Waals surface area (Å²) in [5.74, 6) is -3.23. The number of aliphatic hydroxyl groups is 1. The number of rotatable bonds is 15. The van der Waals surface area contributed by atoms with E-state index in [-0.39, 0.29) is 31.1 Å². The largest absolute Gasteiger partial charge is 0.481 e. The second kappa shape index (κ2) is 14.5. The molecule has 3 amide bonds. The number of nitrogens with one attached hydrogen (secondary N) is 3. The fourth-order valence-corrected chi connectivity index (χ4v) is 2.74. The third kappa shape index (κ3) is 10.9. The lowest BCUT2D eigenvalue weighted by Gasteiger charge is -2.28. The van der Waals surface area contributed by atoms with Crippen molar-refractivity contribution in [2.75, 3.05) is 6.61 Å². The van der Waals surface area contributed by atoms with Crippen molar-refractivity contribution >= 4 is 30.0 Å².